The van der Waals surface area contributed by atoms with Gasteiger partial charge in [-0.3, -0.25) is 4.79 Å². The molecule has 0 unspecified atom stereocenters. The van der Waals surface area contributed by atoms with Crippen LogP contribution in [-0.4, -0.2) is 42.5 Å². The minimum Gasteiger partial charge on any atom is -0.348 e. The van der Waals surface area contributed by atoms with E-state index in [-0.39, 0.29) is 0 Å². The second-order valence-corrected chi connectivity index (χ2v) is 6.71. The van der Waals surface area contributed by atoms with Gasteiger partial charge in [0.15, 0.2) is 9.84 Å². The highest BCUT2D eigenvalue weighted by molar-refractivity contribution is 9.09. The van der Waals surface area contributed by atoms with E-state index in [2.05, 4.69) is 37.2 Å². The molecule has 0 heterocycles. The van der Waals surface area contributed by atoms with E-state index in [9.17, 15) is 13.2 Å². The zero-order chi connectivity index (χ0) is 11.4. The van der Waals surface area contributed by atoms with Crippen LogP contribution in [0.2, 0.25) is 0 Å². The normalized spacial score (nSPS) is 12.6. The van der Waals surface area contributed by atoms with Crippen molar-refractivity contribution < 1.29 is 13.2 Å². The number of carbonyl (C=O) groups is 1. The van der Waals surface area contributed by atoms with E-state index in [0.29, 0.717) is 10.7 Å². The monoisotopic (exact) mass is 349 g/mol. The summed E-state index contributed by atoms with van der Waals surface area (Å²) in [5.74, 6) is -0.948. The summed E-state index contributed by atoms with van der Waals surface area (Å²) < 4.78 is 21.6. The first kappa shape index (κ1) is 14.4. The molecule has 0 saturated heterocycles. The fraction of sp³-hybridized carbons (Fsp3) is 0.857. The standard InChI is InChI=1S/C7H13Br2NO3S/c1-7(4-8,5-9)10-6(11)3-14(2,12)13/h3-5H2,1-2H3,(H,10,11). The van der Waals surface area contributed by atoms with Crippen LogP contribution in [0.25, 0.3) is 0 Å². The molecule has 0 aliphatic rings. The number of amides is 1. The van der Waals surface area contributed by atoms with Crippen LogP contribution in [0.3, 0.4) is 0 Å². The van der Waals surface area contributed by atoms with Gasteiger partial charge in [-0.1, -0.05) is 31.9 Å². The van der Waals surface area contributed by atoms with Gasteiger partial charge in [-0.05, 0) is 6.92 Å². The Kier molecular flexibility index (Phi) is 5.61. The Bertz CT molecular complexity index is 298. The Morgan fingerprint density at radius 2 is 1.79 bits per heavy atom. The minimum absolute atomic E-state index is 0.457. The highest BCUT2D eigenvalue weighted by atomic mass is 79.9. The maximum Gasteiger partial charge on any atom is 0.235 e. The molecule has 0 aromatic rings. The van der Waals surface area contributed by atoms with Crippen LogP contribution in [0.15, 0.2) is 0 Å². The van der Waals surface area contributed by atoms with Crippen molar-refractivity contribution in [3.63, 3.8) is 0 Å². The number of halogens is 2. The number of sulfone groups is 1. The van der Waals surface area contributed by atoms with Gasteiger partial charge in [0.05, 0.1) is 5.54 Å². The van der Waals surface area contributed by atoms with Crippen molar-refractivity contribution in [2.24, 2.45) is 0 Å². The molecule has 0 atom stereocenters. The maximum atomic E-state index is 11.3. The fourth-order valence-corrected chi connectivity index (χ4v) is 2.47. The quantitative estimate of drug-likeness (QED) is 0.742. The molecule has 0 fully saturated rings. The molecule has 0 bridgehead atoms. The Balaban J connectivity index is 4.32. The third-order valence-corrected chi connectivity index (χ3v) is 4.69. The first-order valence-corrected chi connectivity index (χ1v) is 8.13. The zero-order valence-corrected chi connectivity index (χ0v) is 12.0. The maximum absolute atomic E-state index is 11.3. The molecule has 0 saturated carbocycles. The van der Waals surface area contributed by atoms with E-state index >= 15 is 0 Å². The summed E-state index contributed by atoms with van der Waals surface area (Å²) in [5, 5.41) is 3.75. The van der Waals surface area contributed by atoms with Crippen molar-refractivity contribution in [3.8, 4) is 0 Å². The molecule has 0 rings (SSSR count). The number of hydrogen-bond donors (Lipinski definition) is 1. The number of carbonyl (C=O) groups excluding carboxylic acids is 1. The Labute approximate surface area is 101 Å². The largest absolute Gasteiger partial charge is 0.348 e. The number of rotatable bonds is 5. The lowest BCUT2D eigenvalue weighted by Crippen LogP contribution is -2.50. The van der Waals surface area contributed by atoms with E-state index in [1.807, 2.05) is 6.92 Å². The molecule has 1 N–H and O–H groups in total. The van der Waals surface area contributed by atoms with Crippen molar-refractivity contribution in [3.05, 3.63) is 0 Å². The second-order valence-electron chi connectivity index (χ2n) is 3.45. The summed E-state index contributed by atoms with van der Waals surface area (Å²) in [4.78, 5) is 11.3. The third kappa shape index (κ3) is 5.98. The van der Waals surface area contributed by atoms with Gasteiger partial charge < -0.3 is 5.32 Å². The van der Waals surface area contributed by atoms with Crippen LogP contribution < -0.4 is 5.32 Å². The SMILES string of the molecule is CC(CBr)(CBr)NC(=O)CS(C)(=O)=O. The lowest BCUT2D eigenvalue weighted by Gasteiger charge is -2.26. The molecule has 0 aliphatic heterocycles. The van der Waals surface area contributed by atoms with E-state index in [0.717, 1.165) is 6.26 Å². The fourth-order valence-electron chi connectivity index (χ4n) is 0.713. The molecule has 0 radical (unpaired) electrons. The van der Waals surface area contributed by atoms with Gasteiger partial charge in [0.1, 0.15) is 5.75 Å². The van der Waals surface area contributed by atoms with Gasteiger partial charge in [-0.25, -0.2) is 8.42 Å². The Morgan fingerprint density at radius 1 is 1.36 bits per heavy atom. The average Bonchev–Trinajstić information content (AvgIpc) is 2.00. The average molecular weight is 351 g/mol. The lowest BCUT2D eigenvalue weighted by atomic mass is 10.1. The first-order chi connectivity index (χ1) is 6.22. The molecule has 14 heavy (non-hydrogen) atoms. The smallest absolute Gasteiger partial charge is 0.235 e. The zero-order valence-electron chi connectivity index (χ0n) is 8.01. The molecule has 7 heteroatoms. The van der Waals surface area contributed by atoms with Crippen molar-refractivity contribution in [2.45, 2.75) is 12.5 Å². The molecular formula is C7H13Br2NO3S. The predicted molar refractivity (Wildman–Crippen MR) is 63.8 cm³/mol. The highest BCUT2D eigenvalue weighted by Gasteiger charge is 2.24. The number of nitrogens with one attached hydrogen (secondary N) is 1. The summed E-state index contributed by atoms with van der Waals surface area (Å²) in [6.45, 7) is 1.82. The minimum atomic E-state index is -3.25. The topological polar surface area (TPSA) is 63.2 Å². The van der Waals surface area contributed by atoms with Crippen molar-refractivity contribution in [1.82, 2.24) is 5.32 Å². The first-order valence-electron chi connectivity index (χ1n) is 3.83. The van der Waals surface area contributed by atoms with Crippen molar-refractivity contribution >= 4 is 47.6 Å². The summed E-state index contributed by atoms with van der Waals surface area (Å²) >= 11 is 6.49. The lowest BCUT2D eigenvalue weighted by molar-refractivity contribution is -0.119. The summed E-state index contributed by atoms with van der Waals surface area (Å²) in [6.07, 6.45) is 1.03. The molecule has 4 nitrogen and oxygen atoms in total. The van der Waals surface area contributed by atoms with Gasteiger partial charge in [0.2, 0.25) is 5.91 Å². The summed E-state index contributed by atoms with van der Waals surface area (Å²) in [5.41, 5.74) is -0.457. The number of hydrogen-bond acceptors (Lipinski definition) is 3. The van der Waals surface area contributed by atoms with Crippen molar-refractivity contribution in [1.29, 1.82) is 0 Å². The molecule has 1 amide bonds. The van der Waals surface area contributed by atoms with E-state index in [4.69, 9.17) is 0 Å². The van der Waals surface area contributed by atoms with E-state index in [1.165, 1.54) is 0 Å². The predicted octanol–water partition coefficient (Wildman–Crippen LogP) is 0.696. The van der Waals surface area contributed by atoms with Gasteiger partial charge in [-0.15, -0.1) is 0 Å². The molecule has 0 aliphatic carbocycles. The molecule has 0 aromatic heterocycles. The van der Waals surface area contributed by atoms with Crippen molar-refractivity contribution in [2.75, 3.05) is 22.7 Å². The Hall–Kier alpha value is 0.380. The van der Waals surface area contributed by atoms with Gasteiger partial charge in [0.25, 0.3) is 0 Å². The van der Waals surface area contributed by atoms with Crippen LogP contribution in [0, 0.1) is 0 Å². The van der Waals surface area contributed by atoms with Gasteiger partial charge in [-0.2, -0.15) is 0 Å². The van der Waals surface area contributed by atoms with Gasteiger partial charge >= 0.3 is 0 Å². The Morgan fingerprint density at radius 3 is 2.07 bits per heavy atom. The highest BCUT2D eigenvalue weighted by Crippen LogP contribution is 2.11. The van der Waals surface area contributed by atoms with E-state index < -0.39 is 27.0 Å². The van der Waals surface area contributed by atoms with Crippen LogP contribution in [-0.2, 0) is 14.6 Å². The molecular weight excluding hydrogens is 338 g/mol. The second kappa shape index (κ2) is 5.46. The number of alkyl halides is 2. The summed E-state index contributed by atoms with van der Waals surface area (Å²) in [7, 11) is -3.25. The molecule has 84 valence electrons. The molecule has 0 spiro atoms. The van der Waals surface area contributed by atoms with Crippen LogP contribution in [0.5, 0.6) is 0 Å². The van der Waals surface area contributed by atoms with Crippen LogP contribution in [0.4, 0.5) is 0 Å². The van der Waals surface area contributed by atoms with Gasteiger partial charge in [0, 0.05) is 16.9 Å². The van der Waals surface area contributed by atoms with Crippen LogP contribution >= 0.6 is 31.9 Å². The molecule has 0 aromatic carbocycles. The summed E-state index contributed by atoms with van der Waals surface area (Å²) in [6, 6.07) is 0. The van der Waals surface area contributed by atoms with Crippen LogP contribution in [0.1, 0.15) is 6.92 Å². The van der Waals surface area contributed by atoms with E-state index in [1.54, 1.807) is 0 Å². The third-order valence-electron chi connectivity index (χ3n) is 1.42.